The van der Waals surface area contributed by atoms with Gasteiger partial charge in [-0.05, 0) is 18.6 Å². The molecule has 5 heteroatoms. The number of anilines is 1. The van der Waals surface area contributed by atoms with E-state index in [1.165, 1.54) is 12.1 Å². The van der Waals surface area contributed by atoms with E-state index in [2.05, 4.69) is 5.32 Å². The van der Waals surface area contributed by atoms with E-state index < -0.39 is 11.7 Å². The summed E-state index contributed by atoms with van der Waals surface area (Å²) < 4.78 is 37.9. The molecule has 0 bridgehead atoms. The van der Waals surface area contributed by atoms with E-state index in [9.17, 15) is 13.2 Å². The van der Waals surface area contributed by atoms with E-state index in [0.717, 1.165) is 6.07 Å². The van der Waals surface area contributed by atoms with Crippen LogP contribution in [-0.4, -0.2) is 12.6 Å². The van der Waals surface area contributed by atoms with Gasteiger partial charge in [-0.3, -0.25) is 0 Å². The first-order valence-electron chi connectivity index (χ1n) is 5.11. The quantitative estimate of drug-likeness (QED) is 0.837. The Hall–Kier alpha value is -1.23. The minimum atomic E-state index is -4.34. The third kappa shape index (κ3) is 3.13. The van der Waals surface area contributed by atoms with Crippen molar-refractivity contribution in [1.82, 2.24) is 0 Å². The minimum absolute atomic E-state index is 0.0901. The van der Waals surface area contributed by atoms with Gasteiger partial charge in [-0.25, -0.2) is 0 Å². The van der Waals surface area contributed by atoms with Crippen molar-refractivity contribution in [3.63, 3.8) is 0 Å². The minimum Gasteiger partial charge on any atom is -0.381 e. The van der Waals surface area contributed by atoms with Crippen LogP contribution in [0.15, 0.2) is 24.3 Å². The molecule has 0 aliphatic carbocycles. The Morgan fingerprint density at radius 1 is 1.31 bits per heavy atom. The van der Waals surface area contributed by atoms with Crippen molar-refractivity contribution in [3.05, 3.63) is 29.8 Å². The van der Waals surface area contributed by atoms with Crippen LogP contribution in [0.3, 0.4) is 0 Å². The smallest absolute Gasteiger partial charge is 0.381 e. The average Bonchev–Trinajstić information content (AvgIpc) is 2.25. The molecule has 1 aromatic carbocycles. The van der Waals surface area contributed by atoms with Crippen LogP contribution in [0, 0.1) is 0 Å². The summed E-state index contributed by atoms with van der Waals surface area (Å²) in [6, 6.07) is 5.29. The number of nitrogens with two attached hydrogens (primary N) is 1. The molecule has 0 aliphatic heterocycles. The molecule has 1 atom stereocenters. The predicted octanol–water partition coefficient (Wildman–Crippen LogP) is 2.85. The second-order valence-electron chi connectivity index (χ2n) is 3.53. The van der Waals surface area contributed by atoms with E-state index >= 15 is 0 Å². The number of hydrogen-bond acceptors (Lipinski definition) is 2. The molecule has 2 nitrogen and oxygen atoms in total. The summed E-state index contributed by atoms with van der Waals surface area (Å²) in [7, 11) is 0. The van der Waals surface area contributed by atoms with Gasteiger partial charge in [-0.1, -0.05) is 19.1 Å². The lowest BCUT2D eigenvalue weighted by Crippen LogP contribution is -2.29. The summed E-state index contributed by atoms with van der Waals surface area (Å²) in [6.07, 6.45) is -3.65. The molecule has 3 N–H and O–H groups in total. The third-order valence-electron chi connectivity index (χ3n) is 2.37. The normalized spacial score (nSPS) is 13.6. The van der Waals surface area contributed by atoms with Gasteiger partial charge in [-0.2, -0.15) is 13.2 Å². The van der Waals surface area contributed by atoms with Crippen LogP contribution in [0.1, 0.15) is 18.9 Å². The number of halogens is 3. The van der Waals surface area contributed by atoms with E-state index in [4.69, 9.17) is 5.73 Å². The number of hydrogen-bond donors (Lipinski definition) is 2. The molecule has 0 saturated heterocycles. The van der Waals surface area contributed by atoms with Crippen molar-refractivity contribution < 1.29 is 13.2 Å². The molecular weight excluding hydrogens is 217 g/mol. The molecule has 1 rings (SSSR count). The molecule has 0 spiro atoms. The standard InChI is InChI=1S/C11H15F3N2/c1-2-8(7-15)16-10-6-4-3-5-9(10)11(12,13)14/h3-6,8,16H,2,7,15H2,1H3. The average molecular weight is 232 g/mol. The Bertz CT molecular complexity index is 332. The van der Waals surface area contributed by atoms with Crippen LogP contribution in [0.25, 0.3) is 0 Å². The van der Waals surface area contributed by atoms with Gasteiger partial charge in [-0.15, -0.1) is 0 Å². The Morgan fingerprint density at radius 2 is 1.94 bits per heavy atom. The van der Waals surface area contributed by atoms with Gasteiger partial charge in [0.2, 0.25) is 0 Å². The van der Waals surface area contributed by atoms with Crippen LogP contribution >= 0.6 is 0 Å². The number of rotatable bonds is 4. The number of benzene rings is 1. The Balaban J connectivity index is 2.95. The monoisotopic (exact) mass is 232 g/mol. The van der Waals surface area contributed by atoms with Crippen molar-refractivity contribution in [2.45, 2.75) is 25.6 Å². The lowest BCUT2D eigenvalue weighted by molar-refractivity contribution is -0.137. The largest absolute Gasteiger partial charge is 0.418 e. The molecule has 0 fully saturated rings. The number of nitrogens with one attached hydrogen (secondary N) is 1. The van der Waals surface area contributed by atoms with Crippen LogP contribution in [0.4, 0.5) is 18.9 Å². The fourth-order valence-electron chi connectivity index (χ4n) is 1.40. The first kappa shape index (κ1) is 12.8. The van der Waals surface area contributed by atoms with Gasteiger partial charge in [0, 0.05) is 18.3 Å². The topological polar surface area (TPSA) is 38.0 Å². The SMILES string of the molecule is CCC(CN)Nc1ccccc1C(F)(F)F. The van der Waals surface area contributed by atoms with Crippen LogP contribution < -0.4 is 11.1 Å². The van der Waals surface area contributed by atoms with E-state index in [-0.39, 0.29) is 11.7 Å². The lowest BCUT2D eigenvalue weighted by Gasteiger charge is -2.19. The van der Waals surface area contributed by atoms with Gasteiger partial charge in [0.15, 0.2) is 0 Å². The Labute approximate surface area is 92.6 Å². The Morgan fingerprint density at radius 3 is 2.44 bits per heavy atom. The van der Waals surface area contributed by atoms with E-state index in [1.54, 1.807) is 6.07 Å². The molecule has 0 aromatic heterocycles. The molecule has 0 radical (unpaired) electrons. The molecule has 90 valence electrons. The van der Waals surface area contributed by atoms with E-state index in [1.807, 2.05) is 6.92 Å². The molecule has 0 aliphatic rings. The zero-order valence-corrected chi connectivity index (χ0v) is 9.01. The highest BCUT2D eigenvalue weighted by Crippen LogP contribution is 2.34. The number of para-hydroxylation sites is 1. The molecule has 0 saturated carbocycles. The van der Waals surface area contributed by atoms with Gasteiger partial charge >= 0.3 is 6.18 Å². The molecule has 0 amide bonds. The van der Waals surface area contributed by atoms with Crippen molar-refractivity contribution in [2.24, 2.45) is 5.73 Å². The highest BCUT2D eigenvalue weighted by atomic mass is 19.4. The lowest BCUT2D eigenvalue weighted by atomic mass is 10.1. The van der Waals surface area contributed by atoms with Crippen molar-refractivity contribution in [1.29, 1.82) is 0 Å². The summed E-state index contributed by atoms with van der Waals surface area (Å²) in [4.78, 5) is 0. The highest BCUT2D eigenvalue weighted by molar-refractivity contribution is 5.53. The summed E-state index contributed by atoms with van der Waals surface area (Å²) in [5.74, 6) is 0. The molecule has 1 aromatic rings. The van der Waals surface area contributed by atoms with Gasteiger partial charge in [0.1, 0.15) is 0 Å². The maximum atomic E-state index is 12.6. The zero-order chi connectivity index (χ0) is 12.2. The molecule has 1 unspecified atom stereocenters. The maximum Gasteiger partial charge on any atom is 0.418 e. The molecule has 0 heterocycles. The summed E-state index contributed by atoms with van der Waals surface area (Å²) in [5, 5.41) is 2.81. The van der Waals surface area contributed by atoms with Crippen molar-refractivity contribution in [2.75, 3.05) is 11.9 Å². The summed E-state index contributed by atoms with van der Waals surface area (Å²) in [6.45, 7) is 2.18. The maximum absolute atomic E-state index is 12.6. The second-order valence-corrected chi connectivity index (χ2v) is 3.53. The fraction of sp³-hybridized carbons (Fsp3) is 0.455. The van der Waals surface area contributed by atoms with Gasteiger partial charge < -0.3 is 11.1 Å². The summed E-state index contributed by atoms with van der Waals surface area (Å²) in [5.41, 5.74) is 4.89. The molecule has 16 heavy (non-hydrogen) atoms. The summed E-state index contributed by atoms with van der Waals surface area (Å²) >= 11 is 0. The third-order valence-corrected chi connectivity index (χ3v) is 2.37. The second kappa shape index (κ2) is 5.21. The predicted molar refractivity (Wildman–Crippen MR) is 58.2 cm³/mol. The van der Waals surface area contributed by atoms with Gasteiger partial charge in [0.05, 0.1) is 5.56 Å². The Kier molecular flexibility index (Phi) is 4.18. The first-order chi connectivity index (χ1) is 7.49. The van der Waals surface area contributed by atoms with Gasteiger partial charge in [0.25, 0.3) is 0 Å². The molecular formula is C11H15F3N2. The van der Waals surface area contributed by atoms with Crippen LogP contribution in [0.2, 0.25) is 0 Å². The number of alkyl halides is 3. The van der Waals surface area contributed by atoms with Crippen LogP contribution in [-0.2, 0) is 6.18 Å². The van der Waals surface area contributed by atoms with E-state index in [0.29, 0.717) is 13.0 Å². The highest BCUT2D eigenvalue weighted by Gasteiger charge is 2.33. The van der Waals surface area contributed by atoms with Crippen molar-refractivity contribution in [3.8, 4) is 0 Å². The first-order valence-corrected chi connectivity index (χ1v) is 5.11. The van der Waals surface area contributed by atoms with Crippen molar-refractivity contribution >= 4 is 5.69 Å². The fourth-order valence-corrected chi connectivity index (χ4v) is 1.40. The van der Waals surface area contributed by atoms with Crippen LogP contribution in [0.5, 0.6) is 0 Å². The zero-order valence-electron chi connectivity index (χ0n) is 9.01.